The Bertz CT molecular complexity index is 1400. The smallest absolute Gasteiger partial charge is 0.907 e. The third-order valence-electron chi connectivity index (χ3n) is 6.97. The second-order valence-electron chi connectivity index (χ2n) is 8.97. The van der Waals surface area contributed by atoms with E-state index in [4.69, 9.17) is 6.58 Å². The minimum Gasteiger partial charge on any atom is -0.907 e. The van der Waals surface area contributed by atoms with Crippen LogP contribution in [-0.4, -0.2) is 50.3 Å². The summed E-state index contributed by atoms with van der Waals surface area (Å²) in [6.45, 7) is 10.9. The van der Waals surface area contributed by atoms with Gasteiger partial charge in [0, 0.05) is 32.2 Å². The summed E-state index contributed by atoms with van der Waals surface area (Å²) in [6.07, 6.45) is 2.64. The fraction of sp³-hybridized carbons (Fsp3) is 0.370. The van der Waals surface area contributed by atoms with Crippen LogP contribution in [0.4, 0.5) is 10.2 Å². The van der Waals surface area contributed by atoms with Gasteiger partial charge in [-0.15, -0.1) is 0 Å². The van der Waals surface area contributed by atoms with E-state index >= 15 is 0 Å². The predicted octanol–water partition coefficient (Wildman–Crippen LogP) is 3.76. The fourth-order valence-corrected chi connectivity index (χ4v) is 5.00. The van der Waals surface area contributed by atoms with E-state index in [2.05, 4.69) is 32.8 Å². The number of fused-ring (bicyclic) bond motifs is 1. The van der Waals surface area contributed by atoms with Crippen LogP contribution in [0.15, 0.2) is 47.3 Å². The number of halogens is 1. The first-order valence-electron chi connectivity index (χ1n) is 12.0. The van der Waals surface area contributed by atoms with Crippen LogP contribution >= 0.6 is 0 Å². The van der Waals surface area contributed by atoms with E-state index in [1.165, 1.54) is 22.8 Å². The first-order valence-corrected chi connectivity index (χ1v) is 12.0. The Labute approximate surface area is 239 Å². The second kappa shape index (κ2) is 12.1. The van der Waals surface area contributed by atoms with Crippen molar-refractivity contribution in [3.8, 4) is 6.07 Å². The number of nitriles is 1. The van der Waals surface area contributed by atoms with Crippen LogP contribution in [0.25, 0.3) is 16.4 Å². The predicted molar refractivity (Wildman–Crippen MR) is 138 cm³/mol. The molecule has 0 amide bonds. The molecular formula is C27H28FN7OU. The Hall–Kier alpha value is -2.85. The van der Waals surface area contributed by atoms with Crippen LogP contribution in [0.5, 0.6) is 0 Å². The summed E-state index contributed by atoms with van der Waals surface area (Å²) in [6, 6.07) is 10.8. The number of aryl methyl sites for hydroxylation is 1. The zero-order chi connectivity index (χ0) is 26.0. The molecule has 0 bridgehead atoms. The molecule has 0 spiro atoms. The van der Waals surface area contributed by atoms with E-state index in [-0.39, 0.29) is 60.4 Å². The van der Waals surface area contributed by atoms with Gasteiger partial charge in [-0.05, 0) is 48.7 Å². The van der Waals surface area contributed by atoms with Gasteiger partial charge in [0.2, 0.25) is 0 Å². The van der Waals surface area contributed by atoms with Crippen LogP contribution < -0.4 is 10.6 Å². The minimum atomic E-state index is -0.548. The molecule has 0 N–H and O–H groups in total. The maximum absolute atomic E-state index is 13.6. The first-order chi connectivity index (χ1) is 17.3. The molecule has 10 heteroatoms. The van der Waals surface area contributed by atoms with E-state index in [1.807, 2.05) is 6.92 Å². The van der Waals surface area contributed by atoms with Crippen molar-refractivity contribution in [1.29, 1.82) is 5.26 Å². The average Bonchev–Trinajstić information content (AvgIpc) is 2.91. The van der Waals surface area contributed by atoms with Crippen LogP contribution in [0, 0.1) is 54.8 Å². The molecule has 2 aromatic heterocycles. The summed E-state index contributed by atoms with van der Waals surface area (Å²) >= 11 is 0. The number of aromatic nitrogens is 3. The summed E-state index contributed by atoms with van der Waals surface area (Å²) < 4.78 is 15.1. The summed E-state index contributed by atoms with van der Waals surface area (Å²) in [4.78, 5) is 25.9. The number of nitrogens with zero attached hydrogens (tertiary/aromatic N) is 7. The van der Waals surface area contributed by atoms with Gasteiger partial charge in [-0.3, -0.25) is 17.2 Å². The molecule has 4 rings (SSSR count). The molecule has 3 atom stereocenters. The van der Waals surface area contributed by atoms with Gasteiger partial charge in [0.25, 0.3) is 0 Å². The van der Waals surface area contributed by atoms with Crippen molar-refractivity contribution in [1.82, 2.24) is 19.4 Å². The number of hydrogen-bond acceptors (Lipinski definition) is 6. The number of rotatable bonds is 7. The summed E-state index contributed by atoms with van der Waals surface area (Å²) in [5.74, 6) is 0.0944. The van der Waals surface area contributed by atoms with Crippen LogP contribution in [0.3, 0.4) is 0 Å². The molecule has 3 heterocycles. The van der Waals surface area contributed by atoms with Crippen molar-refractivity contribution in [2.45, 2.75) is 44.8 Å². The Balaban J connectivity index is 0.00000380. The Morgan fingerprint density at radius 3 is 2.46 bits per heavy atom. The number of piperazine rings is 1. The molecule has 37 heavy (non-hydrogen) atoms. The van der Waals surface area contributed by atoms with Gasteiger partial charge < -0.3 is 20.9 Å². The van der Waals surface area contributed by atoms with Crippen LogP contribution in [0.1, 0.15) is 44.0 Å². The third kappa shape index (κ3) is 5.55. The van der Waals surface area contributed by atoms with Crippen LogP contribution in [0.2, 0.25) is 0 Å². The van der Waals surface area contributed by atoms with Crippen LogP contribution in [-0.2, 0) is 7.05 Å². The zero-order valence-electron chi connectivity index (χ0n) is 21.1. The van der Waals surface area contributed by atoms with Gasteiger partial charge in [-0.25, -0.2) is 14.2 Å². The topological polar surface area (TPSA) is 100 Å². The molecule has 8 nitrogen and oxygen atoms in total. The number of pyridine rings is 1. The van der Waals surface area contributed by atoms with Crippen molar-refractivity contribution in [2.75, 3.05) is 18.0 Å². The second-order valence-corrected chi connectivity index (χ2v) is 8.97. The van der Waals surface area contributed by atoms with Gasteiger partial charge in [0.1, 0.15) is 23.1 Å². The first kappa shape index (κ1) is 28.7. The van der Waals surface area contributed by atoms with E-state index in [9.17, 15) is 19.9 Å². The van der Waals surface area contributed by atoms with E-state index in [0.29, 0.717) is 29.9 Å². The van der Waals surface area contributed by atoms with E-state index in [0.717, 1.165) is 18.4 Å². The number of anilines is 1. The monoisotopic (exact) mass is 723 g/mol. The van der Waals surface area contributed by atoms with Gasteiger partial charge in [-0.1, -0.05) is 26.0 Å². The molecule has 2 unspecified atom stereocenters. The molecule has 0 aliphatic carbocycles. The number of hydrogen-bond donors (Lipinski definition) is 0. The van der Waals surface area contributed by atoms with Gasteiger partial charge >= 0.3 is 36.8 Å². The Morgan fingerprint density at radius 1 is 1.19 bits per heavy atom. The average molecular weight is 724 g/mol. The van der Waals surface area contributed by atoms with Gasteiger partial charge in [-0.2, -0.15) is 10.2 Å². The minimum absolute atomic E-state index is 0. The standard InChI is InChI=1S/C27H28FN7O.U/c1-5-20-16-35(26-24-23(33(4)27(36)32-26)13-12-19(14-29)31-24)21(6-2)15-34(20)25(22(30)7-3)17-8-10-18(28)11-9-17;/h3,7-13,20-21,25H,5-6,15-16H2,1-2,4H3;/q-2;+2/t20?,21-,25?;/m0./s1. The number of benzene rings is 1. The molecule has 1 fully saturated rings. The van der Waals surface area contributed by atoms with Crippen molar-refractivity contribution in [3.05, 3.63) is 82.0 Å². The zero-order valence-corrected chi connectivity index (χ0v) is 25.3. The quantitative estimate of drug-likeness (QED) is 0.272. The molecule has 0 saturated carbocycles. The summed E-state index contributed by atoms with van der Waals surface area (Å²) in [7, 11) is 1.63. The molecule has 3 aromatic rings. The fourth-order valence-electron chi connectivity index (χ4n) is 5.00. The Morgan fingerprint density at radius 2 is 1.86 bits per heavy atom. The van der Waals surface area contributed by atoms with Gasteiger partial charge in [0.15, 0.2) is 5.82 Å². The summed E-state index contributed by atoms with van der Waals surface area (Å²) in [5.41, 5.74) is 1.66. The molecule has 1 saturated heterocycles. The Kier molecular flexibility index (Phi) is 9.42. The van der Waals surface area contributed by atoms with Crippen molar-refractivity contribution >= 4 is 22.6 Å². The maximum Gasteiger partial charge on any atom is 2.00 e. The van der Waals surface area contributed by atoms with Crippen molar-refractivity contribution < 1.29 is 35.5 Å². The van der Waals surface area contributed by atoms with E-state index in [1.54, 1.807) is 31.3 Å². The van der Waals surface area contributed by atoms with Crippen molar-refractivity contribution in [3.63, 3.8) is 0 Å². The molecule has 1 aliphatic heterocycles. The van der Waals surface area contributed by atoms with Crippen molar-refractivity contribution in [2.24, 2.45) is 7.05 Å². The maximum atomic E-state index is 13.6. The molecule has 1 aromatic carbocycles. The molecule has 0 radical (unpaired) electrons. The third-order valence-corrected chi connectivity index (χ3v) is 6.97. The SMILES string of the molecule is [CH-]=CC(=[N-])C(c1ccc(F)cc1)N1C[C@H](CC)N(c2nc(=O)n(C)c3ccc(C#N)nc23)CC1CC.[U+2]. The van der Waals surface area contributed by atoms with E-state index < -0.39 is 11.7 Å². The molecule has 1 aliphatic rings. The molecule has 188 valence electrons. The normalized spacial score (nSPS) is 18.6. The van der Waals surface area contributed by atoms with Gasteiger partial charge in [0.05, 0.1) is 5.52 Å². The summed E-state index contributed by atoms with van der Waals surface area (Å²) in [5, 5.41) is 20.2. The molecular weight excluding hydrogens is 695 g/mol. The largest absolute Gasteiger partial charge is 2.00 e.